The van der Waals surface area contributed by atoms with E-state index < -0.39 is 17.4 Å². The van der Waals surface area contributed by atoms with Crippen LogP contribution in [-0.4, -0.2) is 23.7 Å². The second kappa shape index (κ2) is 9.91. The highest BCUT2D eigenvalue weighted by atomic mass is 32.1. The number of aromatic nitrogens is 1. The molecule has 0 spiro atoms. The number of rotatable bonds is 7. The van der Waals surface area contributed by atoms with Crippen molar-refractivity contribution in [2.24, 2.45) is 11.5 Å². The minimum absolute atomic E-state index is 0.0148. The molecule has 1 aromatic heterocycles. The topological polar surface area (TPSA) is 133 Å². The minimum Gasteiger partial charge on any atom is -0.494 e. The number of thiazole rings is 1. The summed E-state index contributed by atoms with van der Waals surface area (Å²) in [7, 11) is 0. The monoisotopic (exact) mass is 488 g/mol. The number of nitrogens with zero attached hydrogens (tertiary/aromatic N) is 2. The summed E-state index contributed by atoms with van der Waals surface area (Å²) in [6, 6.07) is 16.4. The van der Waals surface area contributed by atoms with Crippen molar-refractivity contribution in [2.75, 3.05) is 13.2 Å². The van der Waals surface area contributed by atoms with Crippen LogP contribution >= 0.6 is 11.3 Å². The number of benzene rings is 2. The van der Waals surface area contributed by atoms with Gasteiger partial charge in [-0.2, -0.15) is 5.26 Å². The largest absolute Gasteiger partial charge is 0.494 e. The van der Waals surface area contributed by atoms with E-state index in [1.165, 1.54) is 4.57 Å². The molecule has 9 heteroatoms. The molecule has 0 saturated carbocycles. The lowest BCUT2D eigenvalue weighted by atomic mass is 9.83. The van der Waals surface area contributed by atoms with E-state index in [2.05, 4.69) is 6.07 Å². The lowest BCUT2D eigenvalue weighted by Gasteiger charge is -2.24. The maximum atomic E-state index is 13.3. The number of nitriles is 1. The van der Waals surface area contributed by atoms with Crippen LogP contribution in [0.15, 0.2) is 58.9 Å². The third kappa shape index (κ3) is 4.44. The number of carbonyl (C=O) groups is 1. The first kappa shape index (κ1) is 23.9. The Morgan fingerprint density at radius 3 is 2.17 bits per heavy atom. The van der Waals surface area contributed by atoms with Gasteiger partial charge in [0.2, 0.25) is 5.91 Å². The fraction of sp³-hybridized carbons (Fsp3) is 0.192. The molecule has 2 aromatic carbocycles. The zero-order chi connectivity index (χ0) is 25.1. The van der Waals surface area contributed by atoms with E-state index in [1.54, 1.807) is 30.3 Å². The number of amides is 1. The van der Waals surface area contributed by atoms with Gasteiger partial charge < -0.3 is 20.9 Å². The summed E-state index contributed by atoms with van der Waals surface area (Å²) in [5.74, 6) is -0.168. The third-order valence-electron chi connectivity index (χ3n) is 5.55. The SMILES string of the molecule is CCOc1ccc(/C=c2/sc3n(c2=O)C(N)=C(C#N)[C@@H](c2ccc(OCC)cc2)C=3C(N)=O)cc1. The summed E-state index contributed by atoms with van der Waals surface area (Å²) in [5.41, 5.74) is 13.4. The van der Waals surface area contributed by atoms with Crippen molar-refractivity contribution in [3.05, 3.63) is 84.8 Å². The molecule has 0 bridgehead atoms. The number of hydrogen-bond acceptors (Lipinski definition) is 7. The Kier molecular flexibility index (Phi) is 6.75. The molecular formula is C26H24N4O4S. The van der Waals surface area contributed by atoms with Gasteiger partial charge in [-0.1, -0.05) is 24.3 Å². The van der Waals surface area contributed by atoms with Crippen molar-refractivity contribution >= 4 is 34.7 Å². The summed E-state index contributed by atoms with van der Waals surface area (Å²) < 4.78 is 12.8. The Bertz CT molecular complexity index is 1520. The number of carbonyl (C=O) groups excluding carboxylic acids is 1. The average Bonchev–Trinajstić information content (AvgIpc) is 3.16. The summed E-state index contributed by atoms with van der Waals surface area (Å²) in [6.07, 6.45) is 1.71. The van der Waals surface area contributed by atoms with E-state index in [0.29, 0.717) is 33.7 Å². The van der Waals surface area contributed by atoms with E-state index in [4.69, 9.17) is 20.9 Å². The molecule has 0 aliphatic carbocycles. The molecule has 0 saturated heterocycles. The number of hydrogen-bond donors (Lipinski definition) is 2. The van der Waals surface area contributed by atoms with Gasteiger partial charge in [-0.05, 0) is 55.3 Å². The number of fused-ring (bicyclic) bond motifs is 1. The van der Waals surface area contributed by atoms with E-state index in [-0.39, 0.29) is 17.0 Å². The molecule has 1 amide bonds. The highest BCUT2D eigenvalue weighted by Crippen LogP contribution is 2.36. The van der Waals surface area contributed by atoms with Crippen molar-refractivity contribution in [3.8, 4) is 17.6 Å². The quantitative estimate of drug-likeness (QED) is 0.519. The summed E-state index contributed by atoms with van der Waals surface area (Å²) >= 11 is 1.11. The summed E-state index contributed by atoms with van der Waals surface area (Å²) in [6.45, 7) is 4.84. The Labute approximate surface area is 205 Å². The first-order valence-corrected chi connectivity index (χ1v) is 11.8. The lowest BCUT2D eigenvalue weighted by Crippen LogP contribution is -2.41. The number of primary amides is 1. The van der Waals surface area contributed by atoms with Crippen LogP contribution < -0.4 is 35.7 Å². The Morgan fingerprint density at radius 2 is 1.66 bits per heavy atom. The molecule has 1 aliphatic rings. The Hall–Kier alpha value is -4.29. The van der Waals surface area contributed by atoms with Gasteiger partial charge in [0.1, 0.15) is 22.0 Å². The normalized spacial score (nSPS) is 15.5. The van der Waals surface area contributed by atoms with Gasteiger partial charge in [0.25, 0.3) is 5.56 Å². The van der Waals surface area contributed by atoms with Crippen LogP contribution in [0.4, 0.5) is 0 Å². The summed E-state index contributed by atoms with van der Waals surface area (Å²) in [5, 5.41) is 9.95. The first-order valence-electron chi connectivity index (χ1n) is 11.0. The molecule has 35 heavy (non-hydrogen) atoms. The standard InChI is InChI=1S/C26H24N4O4S/c1-3-33-17-9-5-15(6-10-17)13-20-25(32)30-23(28)19(14-27)21(22(24(29)31)26(30)35-20)16-7-11-18(12-8-16)34-4-2/h5-13,21H,3-4,28H2,1-2H3,(H2,29,31)/b20-13+/t21-/m1/s1. The van der Waals surface area contributed by atoms with Crippen LogP contribution in [0.5, 0.6) is 11.5 Å². The first-order chi connectivity index (χ1) is 16.9. The minimum atomic E-state index is -0.801. The fourth-order valence-corrected chi connectivity index (χ4v) is 5.20. The van der Waals surface area contributed by atoms with E-state index >= 15 is 0 Å². The predicted octanol–water partition coefficient (Wildman–Crippen LogP) is 1.62. The smallest absolute Gasteiger partial charge is 0.274 e. The van der Waals surface area contributed by atoms with Crippen molar-refractivity contribution in [1.82, 2.24) is 4.57 Å². The van der Waals surface area contributed by atoms with Crippen LogP contribution in [0.3, 0.4) is 0 Å². The van der Waals surface area contributed by atoms with Crippen LogP contribution in [0, 0.1) is 11.3 Å². The highest BCUT2D eigenvalue weighted by Gasteiger charge is 2.34. The van der Waals surface area contributed by atoms with E-state index in [0.717, 1.165) is 22.6 Å². The Balaban J connectivity index is 1.94. The van der Waals surface area contributed by atoms with Crippen molar-refractivity contribution < 1.29 is 14.3 Å². The molecule has 2 heterocycles. The Morgan fingerprint density at radius 1 is 1.09 bits per heavy atom. The number of allylic oxidation sites excluding steroid dienone is 1. The van der Waals surface area contributed by atoms with Gasteiger partial charge >= 0.3 is 0 Å². The highest BCUT2D eigenvalue weighted by molar-refractivity contribution is 7.07. The third-order valence-corrected chi connectivity index (χ3v) is 6.66. The molecule has 1 atom stereocenters. The van der Waals surface area contributed by atoms with E-state index in [1.807, 2.05) is 38.1 Å². The van der Waals surface area contributed by atoms with Crippen LogP contribution in [0.2, 0.25) is 0 Å². The molecule has 4 N–H and O–H groups in total. The van der Waals surface area contributed by atoms with Crippen LogP contribution in [-0.2, 0) is 4.79 Å². The van der Waals surface area contributed by atoms with Crippen molar-refractivity contribution in [3.63, 3.8) is 0 Å². The zero-order valence-corrected chi connectivity index (χ0v) is 20.1. The lowest BCUT2D eigenvalue weighted by molar-refractivity contribution is -0.113. The fourth-order valence-electron chi connectivity index (χ4n) is 4.02. The van der Waals surface area contributed by atoms with Crippen molar-refractivity contribution in [1.29, 1.82) is 5.26 Å². The van der Waals surface area contributed by atoms with Gasteiger partial charge in [0, 0.05) is 0 Å². The maximum absolute atomic E-state index is 13.3. The van der Waals surface area contributed by atoms with Crippen molar-refractivity contribution in [2.45, 2.75) is 19.8 Å². The van der Waals surface area contributed by atoms with Crippen LogP contribution in [0.25, 0.3) is 17.5 Å². The van der Waals surface area contributed by atoms with Gasteiger partial charge in [-0.25, -0.2) is 0 Å². The van der Waals surface area contributed by atoms with Gasteiger partial charge in [0.15, 0.2) is 0 Å². The molecule has 3 aromatic rings. The van der Waals surface area contributed by atoms with Gasteiger partial charge in [0.05, 0.1) is 40.9 Å². The zero-order valence-electron chi connectivity index (χ0n) is 19.3. The second-order valence-corrected chi connectivity index (χ2v) is 8.71. The molecule has 0 unspecified atom stereocenters. The maximum Gasteiger partial charge on any atom is 0.274 e. The van der Waals surface area contributed by atoms with Crippen LogP contribution in [0.1, 0.15) is 30.9 Å². The molecule has 4 rings (SSSR count). The van der Waals surface area contributed by atoms with Gasteiger partial charge in [-0.15, -0.1) is 11.3 Å². The molecular weight excluding hydrogens is 464 g/mol. The predicted molar refractivity (Wildman–Crippen MR) is 135 cm³/mol. The number of nitrogens with two attached hydrogens (primary N) is 2. The molecule has 178 valence electrons. The average molecular weight is 489 g/mol. The number of ether oxygens (including phenoxy) is 2. The summed E-state index contributed by atoms with van der Waals surface area (Å²) in [4.78, 5) is 26.0. The second-order valence-electron chi connectivity index (χ2n) is 7.68. The van der Waals surface area contributed by atoms with E-state index in [9.17, 15) is 14.9 Å². The molecule has 0 fully saturated rings. The molecule has 0 radical (unpaired) electrons. The molecule has 1 aliphatic heterocycles. The van der Waals surface area contributed by atoms with Gasteiger partial charge in [-0.3, -0.25) is 14.2 Å². The molecule has 8 nitrogen and oxygen atoms in total.